The van der Waals surface area contributed by atoms with E-state index in [1.165, 1.54) is 9.57 Å². The van der Waals surface area contributed by atoms with Crippen LogP contribution in [0.3, 0.4) is 0 Å². The van der Waals surface area contributed by atoms with Crippen molar-refractivity contribution < 1.29 is 33.0 Å². The van der Waals surface area contributed by atoms with Gasteiger partial charge in [-0.2, -0.15) is 0 Å². The smallest absolute Gasteiger partial charge is 0.480 e. The molecule has 10 nitrogen and oxygen atoms in total. The van der Waals surface area contributed by atoms with E-state index in [-0.39, 0.29) is 37.2 Å². The van der Waals surface area contributed by atoms with Crippen molar-refractivity contribution in [3.63, 3.8) is 0 Å². The number of benzene rings is 3. The van der Waals surface area contributed by atoms with Gasteiger partial charge in [0.25, 0.3) is 0 Å². The van der Waals surface area contributed by atoms with Gasteiger partial charge in [0.15, 0.2) is 0 Å². The van der Waals surface area contributed by atoms with E-state index >= 15 is 0 Å². The zero-order valence-electron chi connectivity index (χ0n) is 19.2. The van der Waals surface area contributed by atoms with E-state index in [1.54, 1.807) is 84.9 Å². The Bertz CT molecular complexity index is 1210. The normalized spacial score (nSPS) is 14.5. The highest BCUT2D eigenvalue weighted by Gasteiger charge is 2.46. The van der Waals surface area contributed by atoms with E-state index in [1.807, 2.05) is 6.07 Å². The number of aliphatic carboxylic acids is 1. The van der Waals surface area contributed by atoms with Crippen LogP contribution in [0.15, 0.2) is 96.0 Å². The molecule has 0 saturated carbocycles. The molecule has 1 fully saturated rings. The van der Waals surface area contributed by atoms with Crippen LogP contribution in [0.5, 0.6) is 11.5 Å². The van der Waals surface area contributed by atoms with E-state index in [9.17, 15) is 19.3 Å². The van der Waals surface area contributed by atoms with Gasteiger partial charge >= 0.3 is 19.8 Å². The lowest BCUT2D eigenvalue weighted by atomic mass is 10.2. The average Bonchev–Trinajstić information content (AvgIpc) is 3.26. The number of carboxylic acids is 1. The number of guanidine groups is 1. The molecule has 0 spiro atoms. The number of ether oxygens (including phenoxy) is 1. The molecule has 0 bridgehead atoms. The maximum atomic E-state index is 14.2. The molecule has 1 heterocycles. The SMILES string of the molecule is O=C(O)CN1CCN(P(=O)(Oc2ccccc2)Oc2ccccc2)C1=NC(=O)OCc1ccccc1. The van der Waals surface area contributed by atoms with E-state index in [4.69, 9.17) is 13.8 Å². The maximum absolute atomic E-state index is 14.2. The average molecular weight is 509 g/mol. The lowest BCUT2D eigenvalue weighted by Gasteiger charge is -2.28. The largest absolute Gasteiger partial charge is 0.546 e. The van der Waals surface area contributed by atoms with Crippen LogP contribution in [0.2, 0.25) is 0 Å². The van der Waals surface area contributed by atoms with E-state index in [2.05, 4.69) is 4.99 Å². The van der Waals surface area contributed by atoms with Crippen molar-refractivity contribution in [2.24, 2.45) is 4.99 Å². The van der Waals surface area contributed by atoms with Crippen LogP contribution in [0, 0.1) is 0 Å². The molecule has 36 heavy (non-hydrogen) atoms. The second-order valence-corrected chi connectivity index (χ2v) is 9.45. The quantitative estimate of drug-likeness (QED) is 0.411. The maximum Gasteiger partial charge on any atom is 0.546 e. The highest BCUT2D eigenvalue weighted by atomic mass is 31.2. The number of nitrogens with zero attached hydrogens (tertiary/aromatic N) is 3. The first-order valence-corrected chi connectivity index (χ1v) is 12.6. The minimum atomic E-state index is -4.22. The lowest BCUT2D eigenvalue weighted by Crippen LogP contribution is -2.37. The number of hydrogen-bond donors (Lipinski definition) is 1. The fraction of sp³-hybridized carbons (Fsp3) is 0.160. The van der Waals surface area contributed by atoms with Gasteiger partial charge in [0.1, 0.15) is 24.7 Å². The summed E-state index contributed by atoms with van der Waals surface area (Å²) in [5.74, 6) is -0.797. The number of para-hydroxylation sites is 2. The molecule has 3 aromatic rings. The number of carboxylic acid groups (broad SMARTS) is 1. The van der Waals surface area contributed by atoms with Crippen molar-refractivity contribution in [2.45, 2.75) is 6.61 Å². The second-order valence-electron chi connectivity index (χ2n) is 7.67. The predicted molar refractivity (Wildman–Crippen MR) is 132 cm³/mol. The van der Waals surface area contributed by atoms with Crippen LogP contribution in [0.25, 0.3) is 0 Å². The molecule has 4 rings (SSSR count). The zero-order valence-corrected chi connectivity index (χ0v) is 20.1. The summed E-state index contributed by atoms with van der Waals surface area (Å²) in [4.78, 5) is 29.4. The van der Waals surface area contributed by atoms with Gasteiger partial charge in [-0.25, -0.2) is 14.0 Å². The van der Waals surface area contributed by atoms with Crippen LogP contribution in [0.1, 0.15) is 5.56 Å². The second kappa shape index (κ2) is 11.4. The Morgan fingerprint density at radius 2 is 1.36 bits per heavy atom. The van der Waals surface area contributed by atoms with E-state index in [0.29, 0.717) is 0 Å². The minimum absolute atomic E-state index is 0.0337. The molecule has 11 heteroatoms. The monoisotopic (exact) mass is 509 g/mol. The van der Waals surface area contributed by atoms with Gasteiger partial charge in [-0.05, 0) is 29.8 Å². The molecule has 0 atom stereocenters. The number of rotatable bonds is 9. The molecular formula is C25H24N3O7P. The van der Waals surface area contributed by atoms with Crippen molar-refractivity contribution in [3.05, 3.63) is 96.6 Å². The third-order valence-electron chi connectivity index (χ3n) is 5.04. The summed E-state index contributed by atoms with van der Waals surface area (Å²) in [5.41, 5.74) is 0.752. The van der Waals surface area contributed by atoms with Crippen LogP contribution >= 0.6 is 7.75 Å². The van der Waals surface area contributed by atoms with Gasteiger partial charge in [0, 0.05) is 6.54 Å². The summed E-state index contributed by atoms with van der Waals surface area (Å²) in [6, 6.07) is 25.8. The Kier molecular flexibility index (Phi) is 7.87. The lowest BCUT2D eigenvalue weighted by molar-refractivity contribution is -0.137. The van der Waals surface area contributed by atoms with Crippen molar-refractivity contribution in [1.82, 2.24) is 9.57 Å². The first-order valence-electron chi connectivity index (χ1n) is 11.1. The molecule has 0 aromatic heterocycles. The van der Waals surface area contributed by atoms with Gasteiger partial charge in [-0.1, -0.05) is 66.7 Å². The Morgan fingerprint density at radius 3 is 1.89 bits per heavy atom. The minimum Gasteiger partial charge on any atom is -0.480 e. The first kappa shape index (κ1) is 24.8. The van der Waals surface area contributed by atoms with Crippen molar-refractivity contribution in [1.29, 1.82) is 0 Å². The molecule has 186 valence electrons. The standard InChI is InChI=1S/C25H24N3O7P/c29-23(30)18-27-16-17-28(24(27)26-25(31)33-19-20-10-4-1-5-11-20)36(32,34-21-12-6-2-7-13-21)35-22-14-8-3-9-15-22/h1-15H,16-19H2,(H,29,30). The van der Waals surface area contributed by atoms with Crippen LogP contribution < -0.4 is 9.05 Å². The van der Waals surface area contributed by atoms with Crippen LogP contribution in [-0.2, 0) is 20.7 Å². The Balaban J connectivity index is 1.65. The molecule has 1 aliphatic rings. The molecular weight excluding hydrogens is 485 g/mol. The molecule has 0 aliphatic carbocycles. The molecule has 1 aliphatic heterocycles. The zero-order chi connectivity index (χ0) is 25.4. The predicted octanol–water partition coefficient (Wildman–Crippen LogP) is 4.65. The summed E-state index contributed by atoms with van der Waals surface area (Å²) >= 11 is 0. The highest BCUT2D eigenvalue weighted by Crippen LogP contribution is 2.53. The van der Waals surface area contributed by atoms with Crippen molar-refractivity contribution >= 4 is 25.8 Å². The molecule has 1 saturated heterocycles. The molecule has 0 unspecified atom stereocenters. The fourth-order valence-electron chi connectivity index (χ4n) is 3.43. The van der Waals surface area contributed by atoms with Gasteiger partial charge in [0.2, 0.25) is 5.96 Å². The van der Waals surface area contributed by atoms with Crippen molar-refractivity contribution in [2.75, 3.05) is 19.6 Å². The van der Waals surface area contributed by atoms with Gasteiger partial charge in [-0.3, -0.25) is 4.79 Å². The van der Waals surface area contributed by atoms with Gasteiger partial charge < -0.3 is 23.8 Å². The van der Waals surface area contributed by atoms with Gasteiger partial charge in [0.05, 0.1) is 6.54 Å². The highest BCUT2D eigenvalue weighted by molar-refractivity contribution is 7.53. The summed E-state index contributed by atoms with van der Waals surface area (Å²) in [6.45, 7) is -0.349. The Hall–Kier alpha value is -4.30. The summed E-state index contributed by atoms with van der Waals surface area (Å²) in [6.07, 6.45) is -0.970. The topological polar surface area (TPSA) is 118 Å². The van der Waals surface area contributed by atoms with Crippen LogP contribution in [-0.4, -0.2) is 52.3 Å². The molecule has 1 N–H and O–H groups in total. The third kappa shape index (κ3) is 6.43. The summed E-state index contributed by atoms with van der Waals surface area (Å²) < 4.78 is 32.3. The van der Waals surface area contributed by atoms with E-state index < -0.39 is 26.4 Å². The first-order chi connectivity index (χ1) is 17.4. The number of carbonyl (C=O) groups is 2. The fourth-order valence-corrected chi connectivity index (χ4v) is 5.17. The Labute approximate surface area is 207 Å². The molecule has 3 aromatic carbocycles. The number of aliphatic imine (C=N–C) groups is 1. The molecule has 0 radical (unpaired) electrons. The number of carbonyl (C=O) groups excluding carboxylic acids is 1. The number of amides is 1. The summed E-state index contributed by atoms with van der Waals surface area (Å²) in [7, 11) is -4.22. The van der Waals surface area contributed by atoms with E-state index in [0.717, 1.165) is 5.56 Å². The number of hydrogen-bond acceptors (Lipinski definition) is 6. The summed E-state index contributed by atoms with van der Waals surface area (Å²) in [5, 5.41) is 9.37. The Morgan fingerprint density at radius 1 is 0.833 bits per heavy atom. The van der Waals surface area contributed by atoms with Crippen molar-refractivity contribution in [3.8, 4) is 11.5 Å². The van der Waals surface area contributed by atoms with Gasteiger partial charge in [-0.15, -0.1) is 4.99 Å². The van der Waals surface area contributed by atoms with Crippen LogP contribution in [0.4, 0.5) is 4.79 Å². The molecule has 1 amide bonds. The third-order valence-corrected chi connectivity index (χ3v) is 6.89.